The van der Waals surface area contributed by atoms with Crippen molar-refractivity contribution < 1.29 is 4.79 Å². The second-order valence-electron chi connectivity index (χ2n) is 5.12. The third-order valence-corrected chi connectivity index (χ3v) is 4.69. The molecule has 0 bridgehead atoms. The Hall–Kier alpha value is -0.180. The number of nitrogens with one attached hydrogen (secondary N) is 1. The zero-order valence-electron chi connectivity index (χ0n) is 13.6. The molecule has 5 nitrogen and oxygen atoms in total. The Kier molecular flexibility index (Phi) is 11.3. The standard InChI is InChI=1S/C14H28N4OS.HI/c1-5-12-11-18(9-10-20-12)14(15-6-2)16-8-7-13(19)17(3)4;/h12H,5-11H2,1-4H3,(H,15,16);1H. The van der Waals surface area contributed by atoms with Crippen LogP contribution in [0.1, 0.15) is 26.7 Å². The lowest BCUT2D eigenvalue weighted by Crippen LogP contribution is -2.48. The predicted molar refractivity (Wildman–Crippen MR) is 103 cm³/mol. The fraction of sp³-hybridized carbons (Fsp3) is 0.857. The van der Waals surface area contributed by atoms with E-state index in [-0.39, 0.29) is 29.9 Å². The number of amides is 1. The first-order valence-electron chi connectivity index (χ1n) is 7.43. The summed E-state index contributed by atoms with van der Waals surface area (Å²) in [5.74, 6) is 2.24. The van der Waals surface area contributed by atoms with E-state index in [1.807, 2.05) is 11.8 Å². The van der Waals surface area contributed by atoms with E-state index in [0.717, 1.165) is 31.3 Å². The van der Waals surface area contributed by atoms with Gasteiger partial charge in [0, 0.05) is 51.2 Å². The molecule has 124 valence electrons. The number of guanidine groups is 1. The molecule has 1 rings (SSSR count). The maximum Gasteiger partial charge on any atom is 0.223 e. The third kappa shape index (κ3) is 7.58. The molecule has 0 aromatic heterocycles. The van der Waals surface area contributed by atoms with Gasteiger partial charge in [0.1, 0.15) is 0 Å². The molecule has 1 fully saturated rings. The van der Waals surface area contributed by atoms with Gasteiger partial charge in [-0.3, -0.25) is 9.79 Å². The highest BCUT2D eigenvalue weighted by Crippen LogP contribution is 2.21. The molecule has 0 radical (unpaired) electrons. The van der Waals surface area contributed by atoms with Gasteiger partial charge in [-0.2, -0.15) is 11.8 Å². The number of hydrogen-bond donors (Lipinski definition) is 1. The van der Waals surface area contributed by atoms with Crippen LogP contribution in [0.4, 0.5) is 0 Å². The van der Waals surface area contributed by atoms with Crippen molar-refractivity contribution >= 4 is 47.6 Å². The van der Waals surface area contributed by atoms with Crippen LogP contribution in [0.15, 0.2) is 4.99 Å². The van der Waals surface area contributed by atoms with Gasteiger partial charge < -0.3 is 15.1 Å². The first-order chi connectivity index (χ1) is 9.58. The van der Waals surface area contributed by atoms with Crippen LogP contribution < -0.4 is 5.32 Å². The largest absolute Gasteiger partial charge is 0.357 e. The lowest BCUT2D eigenvalue weighted by atomic mass is 10.3. The topological polar surface area (TPSA) is 47.9 Å². The minimum absolute atomic E-state index is 0. The maximum absolute atomic E-state index is 11.6. The van der Waals surface area contributed by atoms with Gasteiger partial charge in [-0.1, -0.05) is 6.92 Å². The van der Waals surface area contributed by atoms with Crippen molar-refractivity contribution in [2.24, 2.45) is 4.99 Å². The number of carbonyl (C=O) groups is 1. The summed E-state index contributed by atoms with van der Waals surface area (Å²) in [6.45, 7) is 7.82. The number of halogens is 1. The number of hydrogen-bond acceptors (Lipinski definition) is 3. The molecule has 1 saturated heterocycles. The molecule has 0 aliphatic carbocycles. The molecular weight excluding hydrogens is 399 g/mol. The number of rotatable bonds is 5. The molecule has 1 N–H and O–H groups in total. The Bertz CT molecular complexity index is 339. The van der Waals surface area contributed by atoms with E-state index in [2.05, 4.69) is 29.1 Å². The fourth-order valence-corrected chi connectivity index (χ4v) is 3.25. The van der Waals surface area contributed by atoms with Gasteiger partial charge in [0.15, 0.2) is 5.96 Å². The average molecular weight is 428 g/mol. The lowest BCUT2D eigenvalue weighted by molar-refractivity contribution is -0.128. The zero-order valence-corrected chi connectivity index (χ0v) is 16.7. The lowest BCUT2D eigenvalue weighted by Gasteiger charge is -2.34. The van der Waals surface area contributed by atoms with Gasteiger partial charge >= 0.3 is 0 Å². The van der Waals surface area contributed by atoms with E-state index in [0.29, 0.717) is 18.2 Å². The van der Waals surface area contributed by atoms with Gasteiger partial charge in [-0.15, -0.1) is 24.0 Å². The van der Waals surface area contributed by atoms with Crippen LogP contribution in [0, 0.1) is 0 Å². The molecule has 1 atom stereocenters. The zero-order chi connectivity index (χ0) is 15.0. The minimum atomic E-state index is 0. The number of nitrogens with zero attached hydrogens (tertiary/aromatic N) is 3. The molecule has 1 aliphatic rings. The van der Waals surface area contributed by atoms with E-state index >= 15 is 0 Å². The number of aliphatic imine (C=N–C) groups is 1. The normalized spacial score (nSPS) is 19.0. The molecule has 7 heteroatoms. The van der Waals surface area contributed by atoms with E-state index in [9.17, 15) is 4.79 Å². The van der Waals surface area contributed by atoms with Gasteiger partial charge in [-0.25, -0.2) is 0 Å². The van der Waals surface area contributed by atoms with Gasteiger partial charge in [0.05, 0.1) is 6.54 Å². The molecule has 0 aromatic carbocycles. The van der Waals surface area contributed by atoms with Crippen molar-refractivity contribution in [3.8, 4) is 0 Å². The Labute approximate surface area is 150 Å². The molecule has 1 amide bonds. The smallest absolute Gasteiger partial charge is 0.223 e. The quantitative estimate of drug-likeness (QED) is 0.413. The van der Waals surface area contributed by atoms with Crippen molar-refractivity contribution in [2.45, 2.75) is 31.9 Å². The second-order valence-corrected chi connectivity index (χ2v) is 6.53. The summed E-state index contributed by atoms with van der Waals surface area (Å²) in [7, 11) is 3.57. The molecule has 0 spiro atoms. The Morgan fingerprint density at radius 1 is 1.43 bits per heavy atom. The van der Waals surface area contributed by atoms with Crippen LogP contribution >= 0.6 is 35.7 Å². The van der Waals surface area contributed by atoms with Crippen LogP contribution in [0.25, 0.3) is 0 Å². The van der Waals surface area contributed by atoms with Crippen LogP contribution in [0.5, 0.6) is 0 Å². The summed E-state index contributed by atoms with van der Waals surface area (Å²) in [5, 5.41) is 4.03. The molecule has 1 unspecified atom stereocenters. The summed E-state index contributed by atoms with van der Waals surface area (Å²) in [6.07, 6.45) is 1.67. The summed E-state index contributed by atoms with van der Waals surface area (Å²) in [6, 6.07) is 0. The predicted octanol–water partition coefficient (Wildman–Crippen LogP) is 1.88. The third-order valence-electron chi connectivity index (χ3n) is 3.31. The van der Waals surface area contributed by atoms with Crippen LogP contribution in [-0.4, -0.2) is 72.9 Å². The fourth-order valence-electron chi connectivity index (χ4n) is 2.07. The summed E-state index contributed by atoms with van der Waals surface area (Å²) in [4.78, 5) is 20.1. The van der Waals surface area contributed by atoms with Gasteiger partial charge in [0.2, 0.25) is 5.91 Å². The van der Waals surface area contributed by atoms with Crippen molar-refractivity contribution in [3.63, 3.8) is 0 Å². The van der Waals surface area contributed by atoms with Crippen molar-refractivity contribution in [3.05, 3.63) is 0 Å². The van der Waals surface area contributed by atoms with Crippen molar-refractivity contribution in [1.29, 1.82) is 0 Å². The highest BCUT2D eigenvalue weighted by molar-refractivity contribution is 14.0. The Balaban J connectivity index is 0.00000400. The SMILES string of the molecule is CCNC(=NCCC(=O)N(C)C)N1CCSC(CC)C1.I. The Morgan fingerprint density at radius 3 is 2.71 bits per heavy atom. The van der Waals surface area contributed by atoms with E-state index in [1.54, 1.807) is 19.0 Å². The van der Waals surface area contributed by atoms with Crippen molar-refractivity contribution in [2.75, 3.05) is 46.0 Å². The Morgan fingerprint density at radius 2 is 2.14 bits per heavy atom. The van der Waals surface area contributed by atoms with Gasteiger partial charge in [0.25, 0.3) is 0 Å². The van der Waals surface area contributed by atoms with Crippen LogP contribution in [-0.2, 0) is 4.79 Å². The van der Waals surface area contributed by atoms with Crippen LogP contribution in [0.2, 0.25) is 0 Å². The first-order valence-corrected chi connectivity index (χ1v) is 8.48. The van der Waals surface area contributed by atoms with E-state index < -0.39 is 0 Å². The molecule has 21 heavy (non-hydrogen) atoms. The molecule has 1 heterocycles. The molecule has 0 aromatic rings. The number of carbonyl (C=O) groups excluding carboxylic acids is 1. The molecular formula is C14H29IN4OS. The van der Waals surface area contributed by atoms with E-state index in [1.165, 1.54) is 6.42 Å². The average Bonchev–Trinajstić information content (AvgIpc) is 2.46. The molecule has 1 aliphatic heterocycles. The monoisotopic (exact) mass is 428 g/mol. The summed E-state index contributed by atoms with van der Waals surface area (Å²) >= 11 is 2.05. The minimum Gasteiger partial charge on any atom is -0.357 e. The van der Waals surface area contributed by atoms with Gasteiger partial charge in [-0.05, 0) is 13.3 Å². The van der Waals surface area contributed by atoms with E-state index in [4.69, 9.17) is 0 Å². The highest BCUT2D eigenvalue weighted by atomic mass is 127. The number of thioether (sulfide) groups is 1. The maximum atomic E-state index is 11.6. The van der Waals surface area contributed by atoms with Crippen LogP contribution in [0.3, 0.4) is 0 Å². The second kappa shape index (κ2) is 11.4. The summed E-state index contributed by atoms with van der Waals surface area (Å²) < 4.78 is 0. The molecule has 0 saturated carbocycles. The summed E-state index contributed by atoms with van der Waals surface area (Å²) in [5.41, 5.74) is 0. The van der Waals surface area contributed by atoms with Crippen molar-refractivity contribution in [1.82, 2.24) is 15.1 Å². The highest BCUT2D eigenvalue weighted by Gasteiger charge is 2.21. The first kappa shape index (κ1) is 20.8.